The standard InChI is InChI=1S/C22H20N6O/c1-15-12-16(2)14-17(13-15)22(29)25-19-6-4-18(5-7-19)24-20-8-9-21(27-26-20)28-11-3-10-23-28/h3-14H,1-2H3,(H,24,26)(H,25,29). The first kappa shape index (κ1) is 18.4. The highest BCUT2D eigenvalue weighted by Crippen LogP contribution is 2.19. The molecule has 144 valence electrons. The Morgan fingerprint density at radius 2 is 1.62 bits per heavy atom. The van der Waals surface area contributed by atoms with Gasteiger partial charge in [-0.05, 0) is 68.4 Å². The fraction of sp³-hybridized carbons (Fsp3) is 0.0909. The number of rotatable bonds is 5. The predicted octanol–water partition coefficient (Wildman–Crippen LogP) is 4.28. The minimum Gasteiger partial charge on any atom is -0.339 e. The van der Waals surface area contributed by atoms with Crippen molar-refractivity contribution < 1.29 is 4.79 Å². The summed E-state index contributed by atoms with van der Waals surface area (Å²) < 4.78 is 1.64. The molecule has 0 aliphatic carbocycles. The molecule has 7 nitrogen and oxygen atoms in total. The van der Waals surface area contributed by atoms with Gasteiger partial charge in [0, 0.05) is 29.3 Å². The van der Waals surface area contributed by atoms with Gasteiger partial charge in [0.2, 0.25) is 0 Å². The lowest BCUT2D eigenvalue weighted by atomic mass is 10.1. The maximum atomic E-state index is 12.5. The number of hydrogen-bond donors (Lipinski definition) is 2. The largest absolute Gasteiger partial charge is 0.339 e. The van der Waals surface area contributed by atoms with E-state index in [1.54, 1.807) is 10.9 Å². The maximum Gasteiger partial charge on any atom is 0.255 e. The summed E-state index contributed by atoms with van der Waals surface area (Å²) in [4.78, 5) is 12.5. The zero-order valence-corrected chi connectivity index (χ0v) is 16.1. The topological polar surface area (TPSA) is 84.7 Å². The highest BCUT2D eigenvalue weighted by molar-refractivity contribution is 6.04. The van der Waals surface area contributed by atoms with Gasteiger partial charge < -0.3 is 10.6 Å². The minimum absolute atomic E-state index is 0.127. The van der Waals surface area contributed by atoms with Crippen LogP contribution in [-0.4, -0.2) is 25.9 Å². The van der Waals surface area contributed by atoms with E-state index < -0.39 is 0 Å². The SMILES string of the molecule is Cc1cc(C)cc(C(=O)Nc2ccc(Nc3ccc(-n4cccn4)nn3)cc2)c1. The summed E-state index contributed by atoms with van der Waals surface area (Å²) in [5, 5.41) is 18.6. The van der Waals surface area contributed by atoms with E-state index in [4.69, 9.17) is 0 Å². The van der Waals surface area contributed by atoms with Crippen molar-refractivity contribution in [1.29, 1.82) is 0 Å². The van der Waals surface area contributed by atoms with E-state index in [-0.39, 0.29) is 5.91 Å². The van der Waals surface area contributed by atoms with E-state index in [2.05, 4.69) is 25.9 Å². The van der Waals surface area contributed by atoms with Gasteiger partial charge in [-0.3, -0.25) is 4.79 Å². The number of anilines is 3. The van der Waals surface area contributed by atoms with Crippen molar-refractivity contribution in [3.63, 3.8) is 0 Å². The van der Waals surface area contributed by atoms with Crippen molar-refractivity contribution in [1.82, 2.24) is 20.0 Å². The zero-order chi connectivity index (χ0) is 20.2. The van der Waals surface area contributed by atoms with Gasteiger partial charge in [0.05, 0.1) is 0 Å². The van der Waals surface area contributed by atoms with E-state index in [0.717, 1.165) is 22.5 Å². The molecule has 2 aromatic carbocycles. The van der Waals surface area contributed by atoms with Gasteiger partial charge in [-0.25, -0.2) is 4.68 Å². The highest BCUT2D eigenvalue weighted by Gasteiger charge is 2.08. The average molecular weight is 384 g/mol. The fourth-order valence-electron chi connectivity index (χ4n) is 3.01. The summed E-state index contributed by atoms with van der Waals surface area (Å²) in [6.45, 7) is 3.96. The van der Waals surface area contributed by atoms with Gasteiger partial charge in [-0.2, -0.15) is 5.10 Å². The Bertz CT molecular complexity index is 1100. The first-order valence-electron chi connectivity index (χ1n) is 9.17. The number of nitrogens with one attached hydrogen (secondary N) is 2. The van der Waals surface area contributed by atoms with E-state index in [9.17, 15) is 4.79 Å². The highest BCUT2D eigenvalue weighted by atomic mass is 16.1. The predicted molar refractivity (Wildman–Crippen MR) is 113 cm³/mol. The van der Waals surface area contributed by atoms with Gasteiger partial charge in [0.25, 0.3) is 5.91 Å². The van der Waals surface area contributed by atoms with Crippen LogP contribution in [0, 0.1) is 13.8 Å². The van der Waals surface area contributed by atoms with Crippen molar-refractivity contribution in [3.8, 4) is 5.82 Å². The second kappa shape index (κ2) is 7.93. The first-order chi connectivity index (χ1) is 14.1. The summed E-state index contributed by atoms with van der Waals surface area (Å²) in [6, 6.07) is 18.7. The molecule has 0 aliphatic heterocycles. The van der Waals surface area contributed by atoms with Gasteiger partial charge in [0.15, 0.2) is 11.6 Å². The van der Waals surface area contributed by atoms with Crippen molar-refractivity contribution in [2.24, 2.45) is 0 Å². The molecule has 0 atom stereocenters. The summed E-state index contributed by atoms with van der Waals surface area (Å²) in [5.41, 5.74) is 4.34. The van der Waals surface area contributed by atoms with Crippen molar-refractivity contribution in [3.05, 3.63) is 89.7 Å². The summed E-state index contributed by atoms with van der Waals surface area (Å²) in [7, 11) is 0. The molecule has 2 heterocycles. The number of benzene rings is 2. The summed E-state index contributed by atoms with van der Waals surface area (Å²) in [5.74, 6) is 1.13. The van der Waals surface area contributed by atoms with Gasteiger partial charge in [0.1, 0.15) is 0 Å². The van der Waals surface area contributed by atoms with Crippen LogP contribution in [0.5, 0.6) is 0 Å². The summed E-state index contributed by atoms with van der Waals surface area (Å²) in [6.07, 6.45) is 3.50. The van der Waals surface area contributed by atoms with Crippen LogP contribution in [0.1, 0.15) is 21.5 Å². The van der Waals surface area contributed by atoms with Crippen LogP contribution in [0.15, 0.2) is 73.1 Å². The molecule has 0 bridgehead atoms. The quantitative estimate of drug-likeness (QED) is 0.537. The Balaban J connectivity index is 1.40. The Labute approximate surface area is 168 Å². The number of nitrogens with zero attached hydrogens (tertiary/aromatic N) is 4. The van der Waals surface area contributed by atoms with Crippen LogP contribution >= 0.6 is 0 Å². The molecular weight excluding hydrogens is 364 g/mol. The molecule has 0 saturated heterocycles. The molecule has 0 fully saturated rings. The van der Waals surface area contributed by atoms with Crippen LogP contribution < -0.4 is 10.6 Å². The average Bonchev–Trinajstić information content (AvgIpc) is 3.24. The van der Waals surface area contributed by atoms with E-state index in [1.165, 1.54) is 0 Å². The Morgan fingerprint density at radius 3 is 2.24 bits per heavy atom. The van der Waals surface area contributed by atoms with Gasteiger partial charge in [-0.1, -0.05) is 17.2 Å². The third-order valence-corrected chi connectivity index (χ3v) is 4.29. The van der Waals surface area contributed by atoms with Gasteiger partial charge in [-0.15, -0.1) is 10.2 Å². The van der Waals surface area contributed by atoms with Crippen LogP contribution in [-0.2, 0) is 0 Å². The molecule has 0 unspecified atom stereocenters. The minimum atomic E-state index is -0.127. The lowest BCUT2D eigenvalue weighted by Gasteiger charge is -2.09. The molecule has 0 spiro atoms. The zero-order valence-electron chi connectivity index (χ0n) is 16.1. The maximum absolute atomic E-state index is 12.5. The lowest BCUT2D eigenvalue weighted by Crippen LogP contribution is -2.12. The van der Waals surface area contributed by atoms with Crippen LogP contribution in [0.3, 0.4) is 0 Å². The second-order valence-corrected chi connectivity index (χ2v) is 6.76. The van der Waals surface area contributed by atoms with Crippen molar-refractivity contribution >= 4 is 23.1 Å². The third-order valence-electron chi connectivity index (χ3n) is 4.29. The summed E-state index contributed by atoms with van der Waals surface area (Å²) >= 11 is 0. The molecule has 2 N–H and O–H groups in total. The Hall–Kier alpha value is -4.00. The van der Waals surface area contributed by atoms with Crippen LogP contribution in [0.4, 0.5) is 17.2 Å². The molecule has 0 saturated carbocycles. The fourth-order valence-corrected chi connectivity index (χ4v) is 3.01. The third kappa shape index (κ3) is 4.47. The van der Waals surface area contributed by atoms with Crippen molar-refractivity contribution in [2.45, 2.75) is 13.8 Å². The Kier molecular flexibility index (Phi) is 5.03. The lowest BCUT2D eigenvalue weighted by molar-refractivity contribution is 0.102. The first-order valence-corrected chi connectivity index (χ1v) is 9.17. The molecule has 4 aromatic rings. The molecular formula is C22H20N6O. The van der Waals surface area contributed by atoms with Gasteiger partial charge >= 0.3 is 0 Å². The van der Waals surface area contributed by atoms with Crippen LogP contribution in [0.25, 0.3) is 5.82 Å². The Morgan fingerprint density at radius 1 is 0.897 bits per heavy atom. The number of carbonyl (C=O) groups excluding carboxylic acids is 1. The smallest absolute Gasteiger partial charge is 0.255 e. The molecule has 4 rings (SSSR count). The van der Waals surface area contributed by atoms with E-state index >= 15 is 0 Å². The van der Waals surface area contributed by atoms with E-state index in [0.29, 0.717) is 17.2 Å². The normalized spacial score (nSPS) is 10.6. The molecule has 2 aromatic heterocycles. The molecule has 0 aliphatic rings. The molecule has 1 amide bonds. The number of aryl methyl sites for hydroxylation is 2. The van der Waals surface area contributed by atoms with E-state index in [1.807, 2.05) is 80.7 Å². The number of aromatic nitrogens is 4. The second-order valence-electron chi connectivity index (χ2n) is 6.76. The number of amides is 1. The molecule has 0 radical (unpaired) electrons. The number of hydrogen-bond acceptors (Lipinski definition) is 5. The molecule has 29 heavy (non-hydrogen) atoms. The van der Waals surface area contributed by atoms with Crippen LogP contribution in [0.2, 0.25) is 0 Å². The monoisotopic (exact) mass is 384 g/mol. The van der Waals surface area contributed by atoms with Crippen molar-refractivity contribution in [2.75, 3.05) is 10.6 Å². The number of carbonyl (C=O) groups is 1. The molecule has 7 heteroatoms.